The Morgan fingerprint density at radius 1 is 1.13 bits per heavy atom. The average molecular weight is 425 g/mol. The molecule has 0 aliphatic carbocycles. The van der Waals surface area contributed by atoms with Gasteiger partial charge >= 0.3 is 0 Å². The largest absolute Gasteiger partial charge is 0.339 e. The highest BCUT2D eigenvalue weighted by atomic mass is 32.2. The number of pyridine rings is 1. The van der Waals surface area contributed by atoms with Crippen molar-refractivity contribution in [1.82, 2.24) is 18.8 Å². The highest BCUT2D eigenvalue weighted by Crippen LogP contribution is 2.30. The minimum Gasteiger partial charge on any atom is -0.339 e. The summed E-state index contributed by atoms with van der Waals surface area (Å²) in [6.07, 6.45) is 5.69. The first-order valence-corrected chi connectivity index (χ1v) is 11.8. The summed E-state index contributed by atoms with van der Waals surface area (Å²) in [6, 6.07) is 12.8. The summed E-state index contributed by atoms with van der Waals surface area (Å²) in [7, 11) is -1.81. The van der Waals surface area contributed by atoms with Crippen molar-refractivity contribution in [1.29, 1.82) is 0 Å². The fourth-order valence-corrected chi connectivity index (χ4v) is 5.68. The van der Waals surface area contributed by atoms with Crippen molar-refractivity contribution >= 4 is 10.0 Å². The number of nitrogens with zero attached hydrogens (tertiary/aromatic N) is 4. The van der Waals surface area contributed by atoms with E-state index in [4.69, 9.17) is 4.98 Å². The van der Waals surface area contributed by atoms with Crippen LogP contribution in [0.25, 0.3) is 0 Å². The predicted molar refractivity (Wildman–Crippen MR) is 117 cm³/mol. The maximum absolute atomic E-state index is 13.0. The van der Waals surface area contributed by atoms with Crippen LogP contribution in [0.5, 0.6) is 0 Å². The number of imidazole rings is 1. The van der Waals surface area contributed by atoms with E-state index >= 15 is 0 Å². The molecule has 7 heteroatoms. The topological polar surface area (TPSA) is 68.1 Å². The first-order valence-electron chi connectivity index (χ1n) is 10.3. The minimum atomic E-state index is -3.58. The highest BCUT2D eigenvalue weighted by molar-refractivity contribution is 7.89. The molecule has 158 valence electrons. The molecule has 3 aromatic rings. The number of aryl methyl sites for hydroxylation is 3. The van der Waals surface area contributed by atoms with Crippen LogP contribution < -0.4 is 0 Å². The lowest BCUT2D eigenvalue weighted by Gasteiger charge is -2.31. The Kier molecular flexibility index (Phi) is 5.75. The van der Waals surface area contributed by atoms with Crippen LogP contribution in [0, 0.1) is 13.8 Å². The third kappa shape index (κ3) is 4.47. The molecule has 1 fully saturated rings. The number of rotatable bonds is 5. The standard InChI is InChI=1S/C23H28N4O2S/c1-17-6-4-7-19(10-17)12-20-11-18(2)25-22(13-20)21-8-5-9-27(14-21)30(28,29)23-15-26(3)16-24-23/h4,6-7,10-11,13,15-16,21H,5,8-9,12,14H2,1-3H3. The van der Waals surface area contributed by atoms with Crippen LogP contribution in [-0.4, -0.2) is 40.3 Å². The van der Waals surface area contributed by atoms with Gasteiger partial charge in [0.25, 0.3) is 10.0 Å². The third-order valence-electron chi connectivity index (χ3n) is 5.61. The van der Waals surface area contributed by atoms with Gasteiger partial charge in [0.1, 0.15) is 0 Å². The molecular formula is C23H28N4O2S. The van der Waals surface area contributed by atoms with Crippen LogP contribution in [0.4, 0.5) is 0 Å². The molecule has 30 heavy (non-hydrogen) atoms. The number of sulfonamides is 1. The molecule has 0 N–H and O–H groups in total. The van der Waals surface area contributed by atoms with Crippen molar-refractivity contribution in [2.75, 3.05) is 13.1 Å². The van der Waals surface area contributed by atoms with Crippen molar-refractivity contribution in [3.05, 3.63) is 77.0 Å². The molecule has 0 saturated carbocycles. The van der Waals surface area contributed by atoms with Gasteiger partial charge in [-0.05, 0) is 56.4 Å². The van der Waals surface area contributed by atoms with Crippen LogP contribution in [0.2, 0.25) is 0 Å². The second-order valence-corrected chi connectivity index (χ2v) is 10.2. The lowest BCUT2D eigenvalue weighted by Crippen LogP contribution is -2.39. The van der Waals surface area contributed by atoms with E-state index in [-0.39, 0.29) is 10.9 Å². The summed E-state index contributed by atoms with van der Waals surface area (Å²) in [6.45, 7) is 5.08. The Balaban J connectivity index is 1.57. The maximum atomic E-state index is 13.0. The average Bonchev–Trinajstić information content (AvgIpc) is 3.15. The monoisotopic (exact) mass is 424 g/mol. The van der Waals surface area contributed by atoms with Crippen molar-refractivity contribution in [3.63, 3.8) is 0 Å². The van der Waals surface area contributed by atoms with Gasteiger partial charge in [-0.1, -0.05) is 29.8 Å². The third-order valence-corrected chi connectivity index (χ3v) is 7.36. The van der Waals surface area contributed by atoms with Gasteiger partial charge in [0.2, 0.25) is 0 Å². The molecule has 1 unspecified atom stereocenters. The summed E-state index contributed by atoms with van der Waals surface area (Å²) >= 11 is 0. The predicted octanol–water partition coefficient (Wildman–Crippen LogP) is 3.59. The highest BCUT2D eigenvalue weighted by Gasteiger charge is 2.33. The number of aromatic nitrogens is 3. The number of piperidine rings is 1. The Morgan fingerprint density at radius 3 is 2.70 bits per heavy atom. The fourth-order valence-electron chi connectivity index (χ4n) is 4.19. The van der Waals surface area contributed by atoms with Gasteiger partial charge in [-0.3, -0.25) is 4.98 Å². The first kappa shape index (κ1) is 20.8. The molecular weight excluding hydrogens is 396 g/mol. The second kappa shape index (κ2) is 8.32. The van der Waals surface area contributed by atoms with Gasteiger partial charge < -0.3 is 4.57 Å². The smallest absolute Gasteiger partial charge is 0.262 e. The molecule has 1 aliphatic rings. The molecule has 0 spiro atoms. The lowest BCUT2D eigenvalue weighted by molar-refractivity contribution is 0.311. The summed E-state index contributed by atoms with van der Waals surface area (Å²) in [5, 5.41) is 0.114. The summed E-state index contributed by atoms with van der Waals surface area (Å²) < 4.78 is 29.3. The van der Waals surface area contributed by atoms with Gasteiger partial charge in [0.15, 0.2) is 5.03 Å². The van der Waals surface area contributed by atoms with Gasteiger partial charge in [-0.15, -0.1) is 0 Å². The van der Waals surface area contributed by atoms with E-state index in [1.807, 2.05) is 6.92 Å². The van der Waals surface area contributed by atoms with Gasteiger partial charge in [-0.2, -0.15) is 4.31 Å². The zero-order valence-electron chi connectivity index (χ0n) is 17.7. The molecule has 1 atom stereocenters. The fraction of sp³-hybridized carbons (Fsp3) is 0.391. The van der Waals surface area contributed by atoms with E-state index in [1.165, 1.54) is 23.0 Å². The number of hydrogen-bond donors (Lipinski definition) is 0. The van der Waals surface area contributed by atoms with Crippen LogP contribution in [0.3, 0.4) is 0 Å². The Bertz CT molecular complexity index is 1150. The maximum Gasteiger partial charge on any atom is 0.262 e. The Hall–Kier alpha value is -2.51. The summed E-state index contributed by atoms with van der Waals surface area (Å²) in [4.78, 5) is 8.83. The van der Waals surface area contributed by atoms with Crippen LogP contribution in [0.15, 0.2) is 53.9 Å². The molecule has 3 heterocycles. The molecule has 1 aromatic carbocycles. The first-order chi connectivity index (χ1) is 14.3. The van der Waals surface area contributed by atoms with Crippen LogP contribution in [-0.2, 0) is 23.5 Å². The van der Waals surface area contributed by atoms with E-state index < -0.39 is 10.0 Å². The van der Waals surface area contributed by atoms with Crippen molar-refractivity contribution in [2.24, 2.45) is 7.05 Å². The SMILES string of the molecule is Cc1cccc(Cc2cc(C)nc(C3CCCN(S(=O)(=O)c4cn(C)cn4)C3)c2)c1. The van der Waals surface area contributed by atoms with Crippen LogP contribution in [0.1, 0.15) is 46.8 Å². The molecule has 1 saturated heterocycles. The lowest BCUT2D eigenvalue weighted by atomic mass is 9.93. The van der Waals surface area contributed by atoms with Gasteiger partial charge in [0.05, 0.1) is 6.33 Å². The molecule has 4 rings (SSSR count). The molecule has 0 radical (unpaired) electrons. The number of benzene rings is 1. The van der Waals surface area contributed by atoms with E-state index in [0.717, 1.165) is 30.7 Å². The van der Waals surface area contributed by atoms with Crippen molar-refractivity contribution in [2.45, 2.75) is 44.1 Å². The summed E-state index contributed by atoms with van der Waals surface area (Å²) in [5.74, 6) is 0.0911. The molecule has 2 aromatic heterocycles. The molecule has 0 amide bonds. The van der Waals surface area contributed by atoms with E-state index in [2.05, 4.69) is 48.3 Å². The number of hydrogen-bond acceptors (Lipinski definition) is 4. The zero-order valence-corrected chi connectivity index (χ0v) is 18.6. The Labute approximate surface area is 178 Å². The van der Waals surface area contributed by atoms with E-state index in [1.54, 1.807) is 22.1 Å². The van der Waals surface area contributed by atoms with Crippen LogP contribution >= 0.6 is 0 Å². The van der Waals surface area contributed by atoms with Crippen molar-refractivity contribution < 1.29 is 8.42 Å². The zero-order chi connectivity index (χ0) is 21.3. The normalized spacial score (nSPS) is 17.9. The summed E-state index contributed by atoms with van der Waals surface area (Å²) in [5.41, 5.74) is 5.70. The molecule has 6 nitrogen and oxygen atoms in total. The molecule has 0 bridgehead atoms. The van der Waals surface area contributed by atoms with Gasteiger partial charge in [0, 0.05) is 43.6 Å². The Morgan fingerprint density at radius 2 is 1.97 bits per heavy atom. The minimum absolute atomic E-state index is 0.0911. The molecule has 1 aliphatic heterocycles. The van der Waals surface area contributed by atoms with Gasteiger partial charge in [-0.25, -0.2) is 13.4 Å². The van der Waals surface area contributed by atoms with E-state index in [9.17, 15) is 8.42 Å². The van der Waals surface area contributed by atoms with Crippen molar-refractivity contribution in [3.8, 4) is 0 Å². The second-order valence-electron chi connectivity index (χ2n) is 8.29. The quantitative estimate of drug-likeness (QED) is 0.628. The van der Waals surface area contributed by atoms with E-state index in [0.29, 0.717) is 13.1 Å².